The molecule has 1 aromatic heterocycles. The summed E-state index contributed by atoms with van der Waals surface area (Å²) >= 11 is 0. The molecule has 0 aliphatic carbocycles. The highest BCUT2D eigenvalue weighted by Gasteiger charge is 2.22. The summed E-state index contributed by atoms with van der Waals surface area (Å²) in [6.07, 6.45) is 0. The van der Waals surface area contributed by atoms with Crippen LogP contribution in [-0.4, -0.2) is 52.6 Å². The van der Waals surface area contributed by atoms with Crippen molar-refractivity contribution in [3.05, 3.63) is 11.9 Å². The lowest BCUT2D eigenvalue weighted by Gasteiger charge is -2.27. The Hall–Kier alpha value is -1.44. The Morgan fingerprint density at radius 1 is 1.26 bits per heavy atom. The van der Waals surface area contributed by atoms with Gasteiger partial charge in [-0.25, -0.2) is 9.97 Å². The molecule has 0 radical (unpaired) electrons. The van der Waals surface area contributed by atoms with E-state index in [0.717, 1.165) is 0 Å². The van der Waals surface area contributed by atoms with Crippen LogP contribution in [0.1, 0.15) is 19.7 Å². The third-order valence-corrected chi connectivity index (χ3v) is 2.59. The monoisotopic (exact) mass is 270 g/mol. The van der Waals surface area contributed by atoms with Crippen LogP contribution in [0.2, 0.25) is 0 Å². The number of nitrogens with zero attached hydrogens (tertiary/aromatic N) is 2. The van der Waals surface area contributed by atoms with E-state index in [-0.39, 0.29) is 13.2 Å². The summed E-state index contributed by atoms with van der Waals surface area (Å²) in [5.74, 6) is 1.71. The summed E-state index contributed by atoms with van der Waals surface area (Å²) in [5.41, 5.74) is -0.831. The van der Waals surface area contributed by atoms with E-state index in [4.69, 9.17) is 4.74 Å². The molecule has 0 aliphatic rings. The number of rotatable bonds is 8. The van der Waals surface area contributed by atoms with Crippen LogP contribution < -0.4 is 10.6 Å². The number of hydrogen-bond donors (Lipinski definition) is 4. The van der Waals surface area contributed by atoms with Gasteiger partial charge in [0.1, 0.15) is 18.2 Å². The summed E-state index contributed by atoms with van der Waals surface area (Å²) in [6.45, 7) is 4.09. The predicted molar refractivity (Wildman–Crippen MR) is 73.1 cm³/mol. The van der Waals surface area contributed by atoms with Crippen LogP contribution in [0.3, 0.4) is 0 Å². The van der Waals surface area contributed by atoms with Crippen molar-refractivity contribution >= 4 is 11.6 Å². The van der Waals surface area contributed by atoms with E-state index in [9.17, 15) is 10.2 Å². The average Bonchev–Trinajstić information content (AvgIpc) is 2.44. The fraction of sp³-hybridized carbons (Fsp3) is 0.667. The van der Waals surface area contributed by atoms with Crippen molar-refractivity contribution in [3.8, 4) is 0 Å². The molecule has 0 spiro atoms. The second kappa shape index (κ2) is 7.22. The van der Waals surface area contributed by atoms with Gasteiger partial charge in [-0.3, -0.25) is 0 Å². The highest BCUT2D eigenvalue weighted by atomic mass is 16.5. The molecular weight excluding hydrogens is 248 g/mol. The quantitative estimate of drug-likeness (QED) is 0.536. The molecule has 0 unspecified atom stereocenters. The number of hydrogen-bond acceptors (Lipinski definition) is 7. The van der Waals surface area contributed by atoms with Crippen molar-refractivity contribution in [2.75, 3.05) is 37.5 Å². The van der Waals surface area contributed by atoms with Gasteiger partial charge in [-0.05, 0) is 13.8 Å². The summed E-state index contributed by atoms with van der Waals surface area (Å²) in [7, 11) is 1.76. The van der Waals surface area contributed by atoms with E-state index in [1.165, 1.54) is 0 Å². The fourth-order valence-electron chi connectivity index (χ4n) is 1.39. The van der Waals surface area contributed by atoms with Crippen molar-refractivity contribution in [2.24, 2.45) is 0 Å². The zero-order valence-corrected chi connectivity index (χ0v) is 11.6. The third-order valence-electron chi connectivity index (χ3n) is 2.59. The molecule has 0 atom stereocenters. The molecule has 7 heteroatoms. The number of ether oxygens (including phenoxy) is 1. The normalized spacial score (nSPS) is 11.4. The van der Waals surface area contributed by atoms with Crippen LogP contribution in [0, 0.1) is 0 Å². The largest absolute Gasteiger partial charge is 0.394 e. The van der Waals surface area contributed by atoms with Gasteiger partial charge in [-0.1, -0.05) is 0 Å². The van der Waals surface area contributed by atoms with Crippen LogP contribution in [0.15, 0.2) is 6.07 Å². The maximum atomic E-state index is 9.28. The van der Waals surface area contributed by atoms with Crippen LogP contribution >= 0.6 is 0 Å². The number of anilines is 2. The molecule has 0 saturated heterocycles. The van der Waals surface area contributed by atoms with Crippen molar-refractivity contribution in [3.63, 3.8) is 0 Å². The topological polar surface area (TPSA) is 99.5 Å². The number of aromatic nitrogens is 2. The summed E-state index contributed by atoms with van der Waals surface area (Å²) < 4.78 is 5.28. The lowest BCUT2D eigenvalue weighted by Crippen LogP contribution is -2.42. The molecule has 4 N–H and O–H groups in total. The maximum Gasteiger partial charge on any atom is 0.158 e. The Balaban J connectivity index is 2.92. The Labute approximate surface area is 113 Å². The molecule has 0 amide bonds. The molecule has 0 aromatic carbocycles. The number of nitrogens with one attached hydrogen (secondary N) is 2. The first-order chi connectivity index (χ1) is 9.06. The molecule has 1 aromatic rings. The Kier molecular flexibility index (Phi) is 5.94. The number of aliphatic hydroxyl groups excluding tert-OH is 2. The molecule has 0 aliphatic heterocycles. The molecule has 0 fully saturated rings. The van der Waals surface area contributed by atoms with E-state index in [1.54, 1.807) is 20.0 Å². The minimum atomic E-state index is -0.831. The summed E-state index contributed by atoms with van der Waals surface area (Å²) in [5, 5.41) is 24.5. The highest BCUT2D eigenvalue weighted by Crippen LogP contribution is 2.16. The lowest BCUT2D eigenvalue weighted by atomic mass is 10.1. The second-order valence-electron chi connectivity index (χ2n) is 4.44. The maximum absolute atomic E-state index is 9.28. The van der Waals surface area contributed by atoms with Gasteiger partial charge in [-0.15, -0.1) is 0 Å². The van der Waals surface area contributed by atoms with Gasteiger partial charge in [0, 0.05) is 19.7 Å². The van der Waals surface area contributed by atoms with Crippen molar-refractivity contribution in [2.45, 2.75) is 26.0 Å². The van der Waals surface area contributed by atoms with E-state index >= 15 is 0 Å². The molecule has 7 nitrogen and oxygen atoms in total. The van der Waals surface area contributed by atoms with E-state index in [2.05, 4.69) is 20.6 Å². The van der Waals surface area contributed by atoms with Crippen molar-refractivity contribution in [1.29, 1.82) is 0 Å². The zero-order valence-electron chi connectivity index (χ0n) is 11.6. The van der Waals surface area contributed by atoms with Gasteiger partial charge in [0.15, 0.2) is 5.82 Å². The molecule has 108 valence electrons. The Morgan fingerprint density at radius 2 is 1.89 bits per heavy atom. The van der Waals surface area contributed by atoms with Crippen LogP contribution in [0.25, 0.3) is 0 Å². The first kappa shape index (κ1) is 15.6. The van der Waals surface area contributed by atoms with Gasteiger partial charge < -0.3 is 25.6 Å². The molecule has 0 bridgehead atoms. The first-order valence-corrected chi connectivity index (χ1v) is 6.20. The first-order valence-electron chi connectivity index (χ1n) is 6.20. The zero-order chi connectivity index (χ0) is 14.3. The van der Waals surface area contributed by atoms with Gasteiger partial charge >= 0.3 is 0 Å². The molecule has 19 heavy (non-hydrogen) atoms. The minimum Gasteiger partial charge on any atom is -0.394 e. The van der Waals surface area contributed by atoms with Gasteiger partial charge in [0.2, 0.25) is 0 Å². The van der Waals surface area contributed by atoms with Gasteiger partial charge in [0.25, 0.3) is 0 Å². The smallest absolute Gasteiger partial charge is 0.158 e. The predicted octanol–water partition coefficient (Wildman–Crippen LogP) is 0.210. The van der Waals surface area contributed by atoms with Crippen LogP contribution in [-0.2, 0) is 11.3 Å². The number of aliphatic hydroxyl groups is 2. The Morgan fingerprint density at radius 3 is 2.42 bits per heavy atom. The van der Waals surface area contributed by atoms with Crippen molar-refractivity contribution < 1.29 is 14.9 Å². The van der Waals surface area contributed by atoms with Gasteiger partial charge in [-0.2, -0.15) is 0 Å². The van der Waals surface area contributed by atoms with Gasteiger partial charge in [0.05, 0.1) is 18.8 Å². The molecule has 1 rings (SSSR count). The third kappa shape index (κ3) is 4.62. The highest BCUT2D eigenvalue weighted by molar-refractivity contribution is 5.48. The second-order valence-corrected chi connectivity index (χ2v) is 4.44. The van der Waals surface area contributed by atoms with E-state index in [0.29, 0.717) is 30.7 Å². The van der Waals surface area contributed by atoms with E-state index < -0.39 is 5.54 Å². The SMILES string of the molecule is CCOCc1nc(NC)cc(NC(C)(CO)CO)n1. The fourth-order valence-corrected chi connectivity index (χ4v) is 1.39. The lowest BCUT2D eigenvalue weighted by molar-refractivity contribution is 0.128. The van der Waals surface area contributed by atoms with Crippen molar-refractivity contribution in [1.82, 2.24) is 9.97 Å². The standard InChI is InChI=1S/C12H22N4O3/c1-4-19-6-11-14-9(13-3)5-10(15-11)16-12(2,7-17)8-18/h5,17-18H,4,6-8H2,1-3H3,(H2,13,14,15,16). The average molecular weight is 270 g/mol. The Bertz CT molecular complexity index is 397. The van der Waals surface area contributed by atoms with E-state index in [1.807, 2.05) is 6.92 Å². The van der Waals surface area contributed by atoms with Crippen LogP contribution in [0.4, 0.5) is 11.6 Å². The molecular formula is C12H22N4O3. The summed E-state index contributed by atoms with van der Waals surface area (Å²) in [6, 6.07) is 1.71. The molecule has 1 heterocycles. The summed E-state index contributed by atoms with van der Waals surface area (Å²) in [4.78, 5) is 8.55. The molecule has 0 saturated carbocycles. The van der Waals surface area contributed by atoms with Crippen LogP contribution in [0.5, 0.6) is 0 Å². The minimum absolute atomic E-state index is 0.205.